The molecule has 2 rings (SSSR count). The Balaban J connectivity index is 2.37. The van der Waals surface area contributed by atoms with Gasteiger partial charge < -0.3 is 14.6 Å². The second-order valence-corrected chi connectivity index (χ2v) is 3.79. The molecule has 1 N–H and O–H groups in total. The lowest BCUT2D eigenvalue weighted by Gasteiger charge is -2.11. The van der Waals surface area contributed by atoms with Gasteiger partial charge in [-0.2, -0.15) is 9.37 Å². The lowest BCUT2D eigenvalue weighted by molar-refractivity contribution is 0.280. The zero-order chi connectivity index (χ0) is 14.7. The number of aromatic nitrogens is 1. The Morgan fingerprint density at radius 3 is 2.50 bits per heavy atom. The molecule has 0 amide bonds. The van der Waals surface area contributed by atoms with Crippen LogP contribution in [0.3, 0.4) is 0 Å². The van der Waals surface area contributed by atoms with Crippen LogP contribution in [0.2, 0.25) is 0 Å². The Labute approximate surface area is 112 Å². The molecule has 1 aromatic heterocycles. The van der Waals surface area contributed by atoms with Gasteiger partial charge >= 0.3 is 0 Å². The summed E-state index contributed by atoms with van der Waals surface area (Å²) in [5.74, 6) is -4.47. The highest BCUT2D eigenvalue weighted by molar-refractivity contribution is 5.44. The van der Waals surface area contributed by atoms with Gasteiger partial charge in [0.05, 0.1) is 13.7 Å². The second kappa shape index (κ2) is 5.79. The van der Waals surface area contributed by atoms with E-state index < -0.39 is 23.5 Å². The van der Waals surface area contributed by atoms with E-state index in [0.717, 1.165) is 0 Å². The third kappa shape index (κ3) is 2.83. The van der Waals surface area contributed by atoms with E-state index >= 15 is 0 Å². The summed E-state index contributed by atoms with van der Waals surface area (Å²) in [6.45, 7) is -0.214. The van der Waals surface area contributed by atoms with Gasteiger partial charge in [0, 0.05) is 6.07 Å². The zero-order valence-electron chi connectivity index (χ0n) is 10.4. The number of methoxy groups -OCH3 is 1. The van der Waals surface area contributed by atoms with E-state index in [4.69, 9.17) is 14.6 Å². The SMILES string of the molecule is COc1cc(CO)ccc1Oc1nc(F)c(F)cc1F. The van der Waals surface area contributed by atoms with Crippen molar-refractivity contribution in [3.8, 4) is 17.4 Å². The fourth-order valence-corrected chi connectivity index (χ4v) is 1.50. The van der Waals surface area contributed by atoms with Crippen LogP contribution in [0.4, 0.5) is 13.2 Å². The van der Waals surface area contributed by atoms with Crippen molar-refractivity contribution < 1.29 is 27.8 Å². The minimum absolute atomic E-state index is 0.0575. The molecule has 0 aliphatic heterocycles. The Kier molecular flexibility index (Phi) is 4.09. The normalized spacial score (nSPS) is 10.4. The molecule has 0 saturated heterocycles. The summed E-state index contributed by atoms with van der Waals surface area (Å²) >= 11 is 0. The molecule has 1 aromatic carbocycles. The summed E-state index contributed by atoms with van der Waals surface area (Å²) in [5, 5.41) is 8.99. The highest BCUT2D eigenvalue weighted by atomic mass is 19.2. The topological polar surface area (TPSA) is 51.6 Å². The number of rotatable bonds is 4. The van der Waals surface area contributed by atoms with Crippen LogP contribution in [-0.4, -0.2) is 17.2 Å². The van der Waals surface area contributed by atoms with E-state index in [1.54, 1.807) is 0 Å². The second-order valence-electron chi connectivity index (χ2n) is 3.79. The lowest BCUT2D eigenvalue weighted by atomic mass is 10.2. The number of hydrogen-bond acceptors (Lipinski definition) is 4. The number of aliphatic hydroxyl groups is 1. The lowest BCUT2D eigenvalue weighted by Crippen LogP contribution is -1.99. The Morgan fingerprint density at radius 1 is 1.10 bits per heavy atom. The fourth-order valence-electron chi connectivity index (χ4n) is 1.50. The van der Waals surface area contributed by atoms with Gasteiger partial charge in [0.1, 0.15) is 0 Å². The van der Waals surface area contributed by atoms with Crippen molar-refractivity contribution in [1.29, 1.82) is 0 Å². The van der Waals surface area contributed by atoms with Gasteiger partial charge in [0.2, 0.25) is 0 Å². The van der Waals surface area contributed by atoms with Crippen LogP contribution in [0.15, 0.2) is 24.3 Å². The van der Waals surface area contributed by atoms with Crippen LogP contribution in [0.5, 0.6) is 17.4 Å². The van der Waals surface area contributed by atoms with Gasteiger partial charge in [-0.3, -0.25) is 0 Å². The van der Waals surface area contributed by atoms with E-state index in [0.29, 0.717) is 11.6 Å². The van der Waals surface area contributed by atoms with Gasteiger partial charge in [0.25, 0.3) is 11.8 Å². The first kappa shape index (κ1) is 14.1. The summed E-state index contributed by atoms with van der Waals surface area (Å²) < 4.78 is 49.2. The molecule has 106 valence electrons. The van der Waals surface area contributed by atoms with E-state index in [2.05, 4.69) is 4.98 Å². The van der Waals surface area contributed by atoms with Crippen molar-refractivity contribution in [2.75, 3.05) is 7.11 Å². The fraction of sp³-hybridized carbons (Fsp3) is 0.154. The van der Waals surface area contributed by atoms with E-state index in [9.17, 15) is 13.2 Å². The maximum atomic E-state index is 13.4. The average Bonchev–Trinajstić information content (AvgIpc) is 2.45. The van der Waals surface area contributed by atoms with Crippen molar-refractivity contribution >= 4 is 0 Å². The summed E-state index contributed by atoms with van der Waals surface area (Å²) in [7, 11) is 1.35. The van der Waals surface area contributed by atoms with Crippen LogP contribution in [-0.2, 0) is 6.61 Å². The zero-order valence-corrected chi connectivity index (χ0v) is 10.4. The molecule has 0 radical (unpaired) electrons. The van der Waals surface area contributed by atoms with E-state index in [-0.39, 0.29) is 18.1 Å². The number of aliphatic hydroxyl groups excluding tert-OH is 1. The van der Waals surface area contributed by atoms with Crippen molar-refractivity contribution in [3.05, 3.63) is 47.4 Å². The minimum Gasteiger partial charge on any atom is -0.493 e. The Bertz CT molecular complexity index is 634. The Hall–Kier alpha value is -2.28. The molecule has 7 heteroatoms. The predicted molar refractivity (Wildman–Crippen MR) is 63.1 cm³/mol. The summed E-state index contributed by atoms with van der Waals surface area (Å²) in [5.41, 5.74) is 0.549. The van der Waals surface area contributed by atoms with Gasteiger partial charge in [-0.1, -0.05) is 6.07 Å². The molecule has 0 bridgehead atoms. The summed E-state index contributed by atoms with van der Waals surface area (Å²) in [6, 6.07) is 4.71. The summed E-state index contributed by atoms with van der Waals surface area (Å²) in [6.07, 6.45) is 0. The maximum Gasteiger partial charge on any atom is 0.258 e. The molecular formula is C13H10F3NO3. The molecule has 0 unspecified atom stereocenters. The first-order valence-electron chi connectivity index (χ1n) is 5.52. The molecule has 1 heterocycles. The molecule has 4 nitrogen and oxygen atoms in total. The third-order valence-corrected chi connectivity index (χ3v) is 2.47. The van der Waals surface area contributed by atoms with Crippen LogP contribution >= 0.6 is 0 Å². The number of hydrogen-bond donors (Lipinski definition) is 1. The molecule has 0 aliphatic carbocycles. The molecule has 0 saturated carbocycles. The maximum absolute atomic E-state index is 13.4. The standard InChI is InChI=1S/C13H10F3NO3/c1-19-11-4-7(6-18)2-3-10(11)20-13-9(15)5-8(14)12(16)17-13/h2-5,18H,6H2,1H3. The quantitative estimate of drug-likeness (QED) is 0.878. The number of nitrogens with zero attached hydrogens (tertiary/aromatic N) is 1. The van der Waals surface area contributed by atoms with Crippen LogP contribution in [0.25, 0.3) is 0 Å². The minimum atomic E-state index is -1.47. The average molecular weight is 285 g/mol. The van der Waals surface area contributed by atoms with Crippen LogP contribution in [0.1, 0.15) is 5.56 Å². The van der Waals surface area contributed by atoms with E-state index in [1.807, 2.05) is 0 Å². The van der Waals surface area contributed by atoms with Crippen molar-refractivity contribution in [2.45, 2.75) is 6.61 Å². The number of pyridine rings is 1. The molecule has 0 fully saturated rings. The first-order chi connectivity index (χ1) is 9.55. The highest BCUT2D eigenvalue weighted by Crippen LogP contribution is 2.32. The molecule has 0 aliphatic rings. The predicted octanol–water partition coefficient (Wildman–Crippen LogP) is 2.79. The first-order valence-corrected chi connectivity index (χ1v) is 5.52. The van der Waals surface area contributed by atoms with Gasteiger partial charge in [-0.25, -0.2) is 8.78 Å². The monoisotopic (exact) mass is 285 g/mol. The summed E-state index contributed by atoms with van der Waals surface area (Å²) in [4.78, 5) is 3.04. The highest BCUT2D eigenvalue weighted by Gasteiger charge is 2.15. The Morgan fingerprint density at radius 2 is 1.85 bits per heavy atom. The smallest absolute Gasteiger partial charge is 0.258 e. The number of halogens is 3. The van der Waals surface area contributed by atoms with Crippen molar-refractivity contribution in [3.63, 3.8) is 0 Å². The molecule has 0 atom stereocenters. The molecule has 0 spiro atoms. The van der Waals surface area contributed by atoms with Gasteiger partial charge in [0.15, 0.2) is 23.1 Å². The van der Waals surface area contributed by atoms with Crippen molar-refractivity contribution in [1.82, 2.24) is 4.98 Å². The van der Waals surface area contributed by atoms with Crippen LogP contribution < -0.4 is 9.47 Å². The molecule has 20 heavy (non-hydrogen) atoms. The van der Waals surface area contributed by atoms with E-state index in [1.165, 1.54) is 25.3 Å². The number of ether oxygens (including phenoxy) is 2. The third-order valence-electron chi connectivity index (χ3n) is 2.47. The largest absolute Gasteiger partial charge is 0.493 e. The van der Waals surface area contributed by atoms with Gasteiger partial charge in [-0.05, 0) is 17.7 Å². The number of benzene rings is 1. The van der Waals surface area contributed by atoms with Crippen molar-refractivity contribution in [2.24, 2.45) is 0 Å². The van der Waals surface area contributed by atoms with Crippen LogP contribution in [0, 0.1) is 17.6 Å². The van der Waals surface area contributed by atoms with Gasteiger partial charge in [-0.15, -0.1) is 0 Å². The molecule has 2 aromatic rings. The molecular weight excluding hydrogens is 275 g/mol.